The van der Waals surface area contributed by atoms with Crippen LogP contribution in [0.1, 0.15) is 39.5 Å². The second kappa shape index (κ2) is 7.62. The van der Waals surface area contributed by atoms with Crippen LogP contribution in [0.3, 0.4) is 0 Å². The minimum absolute atomic E-state index is 0.0118. The second-order valence-corrected chi connectivity index (χ2v) is 6.08. The maximum Gasteiger partial charge on any atom is 0.327 e. The van der Waals surface area contributed by atoms with Crippen LogP contribution in [0, 0.1) is 0 Å². The van der Waals surface area contributed by atoms with E-state index in [1.807, 2.05) is 6.92 Å². The molecule has 0 aliphatic carbocycles. The Morgan fingerprint density at radius 1 is 1.37 bits per heavy atom. The summed E-state index contributed by atoms with van der Waals surface area (Å²) < 4.78 is 0. The predicted molar refractivity (Wildman–Crippen MR) is 77.4 cm³/mol. The molecule has 1 saturated heterocycles. The van der Waals surface area contributed by atoms with Gasteiger partial charge in [-0.3, -0.25) is 4.90 Å². The van der Waals surface area contributed by atoms with Crippen molar-refractivity contribution in [1.29, 1.82) is 0 Å². The Morgan fingerprint density at radius 3 is 2.58 bits per heavy atom. The highest BCUT2D eigenvalue weighted by Gasteiger charge is 2.41. The van der Waals surface area contributed by atoms with Gasteiger partial charge in [-0.05, 0) is 12.8 Å². The average Bonchev–Trinajstić information content (AvgIpc) is 2.81. The summed E-state index contributed by atoms with van der Waals surface area (Å²) >= 11 is 1.56. The maximum absolute atomic E-state index is 12.4. The van der Waals surface area contributed by atoms with Gasteiger partial charge < -0.3 is 10.0 Å². The van der Waals surface area contributed by atoms with Crippen molar-refractivity contribution in [2.24, 2.45) is 0 Å². The number of nitrogens with zero attached hydrogens (tertiary/aromatic N) is 2. The number of hydrogen-bond donors (Lipinski definition) is 1. The first-order valence-corrected chi connectivity index (χ1v) is 7.95. The summed E-state index contributed by atoms with van der Waals surface area (Å²) in [4.78, 5) is 26.8. The Hall–Kier alpha value is -0.910. The van der Waals surface area contributed by atoms with Crippen LogP contribution in [0.4, 0.5) is 4.79 Å². The largest absolute Gasteiger partial charge is 0.480 e. The number of carboxylic acid groups (broad SMARTS) is 1. The summed E-state index contributed by atoms with van der Waals surface area (Å²) in [6.07, 6.45) is 3.94. The molecule has 0 saturated carbocycles. The van der Waals surface area contributed by atoms with Gasteiger partial charge in [0, 0.05) is 19.3 Å². The number of carbonyl (C=O) groups excluding carboxylic acids is 1. The number of urea groups is 1. The van der Waals surface area contributed by atoms with E-state index >= 15 is 0 Å². The van der Waals surface area contributed by atoms with Crippen LogP contribution in [0.25, 0.3) is 0 Å². The fourth-order valence-electron chi connectivity index (χ4n) is 2.22. The molecular formula is C13H24N2O3S. The van der Waals surface area contributed by atoms with Crippen LogP contribution in [-0.4, -0.2) is 57.7 Å². The molecule has 1 rings (SSSR count). The number of carbonyl (C=O) groups is 2. The quantitative estimate of drug-likeness (QED) is 0.763. The molecule has 0 bridgehead atoms. The molecule has 1 heterocycles. The van der Waals surface area contributed by atoms with E-state index in [0.29, 0.717) is 12.3 Å². The lowest BCUT2D eigenvalue weighted by Gasteiger charge is -2.31. The lowest BCUT2D eigenvalue weighted by Crippen LogP contribution is -2.50. The molecule has 1 fully saturated rings. The topological polar surface area (TPSA) is 60.9 Å². The molecule has 0 spiro atoms. The van der Waals surface area contributed by atoms with Gasteiger partial charge in [0.05, 0.1) is 5.37 Å². The fraction of sp³-hybridized carbons (Fsp3) is 0.846. The van der Waals surface area contributed by atoms with E-state index in [4.69, 9.17) is 0 Å². The zero-order valence-electron chi connectivity index (χ0n) is 12.0. The molecule has 2 atom stereocenters. The Morgan fingerprint density at radius 2 is 2.05 bits per heavy atom. The third-order valence-corrected chi connectivity index (χ3v) is 4.82. The van der Waals surface area contributed by atoms with Gasteiger partial charge >= 0.3 is 12.0 Å². The smallest absolute Gasteiger partial charge is 0.327 e. The van der Waals surface area contributed by atoms with Crippen molar-refractivity contribution in [2.45, 2.75) is 50.9 Å². The number of hydrogen-bond acceptors (Lipinski definition) is 3. The van der Waals surface area contributed by atoms with E-state index in [0.717, 1.165) is 25.7 Å². The first-order valence-electron chi connectivity index (χ1n) is 6.90. The number of amides is 2. The van der Waals surface area contributed by atoms with Crippen molar-refractivity contribution in [2.75, 3.05) is 19.3 Å². The maximum atomic E-state index is 12.4. The van der Waals surface area contributed by atoms with Crippen molar-refractivity contribution in [3.05, 3.63) is 0 Å². The van der Waals surface area contributed by atoms with Gasteiger partial charge in [0.1, 0.15) is 6.04 Å². The molecule has 1 aliphatic rings. The number of unbranched alkanes of at least 4 members (excludes halogenated alkanes) is 2. The first-order chi connectivity index (χ1) is 9.02. The third kappa shape index (κ3) is 4.03. The Labute approximate surface area is 119 Å². The lowest BCUT2D eigenvalue weighted by molar-refractivity contribution is -0.141. The number of rotatable bonds is 6. The minimum Gasteiger partial charge on any atom is -0.480 e. The Balaban J connectivity index is 2.67. The third-order valence-electron chi connectivity index (χ3n) is 3.37. The predicted octanol–water partition coefficient (Wildman–Crippen LogP) is 2.47. The molecule has 6 heteroatoms. The van der Waals surface area contributed by atoms with Gasteiger partial charge in [-0.25, -0.2) is 9.59 Å². The summed E-state index contributed by atoms with van der Waals surface area (Å²) in [6, 6.07) is -0.837. The number of thioether (sulfide) groups is 1. The number of aliphatic carboxylic acids is 1. The van der Waals surface area contributed by atoms with E-state index in [1.165, 1.54) is 0 Å². The molecule has 110 valence electrons. The highest BCUT2D eigenvalue weighted by atomic mass is 32.2. The van der Waals surface area contributed by atoms with Crippen LogP contribution in [0.2, 0.25) is 0 Å². The summed E-state index contributed by atoms with van der Waals surface area (Å²) in [6.45, 7) is 4.79. The molecule has 1 aliphatic heterocycles. The lowest BCUT2D eigenvalue weighted by atomic mass is 10.2. The summed E-state index contributed by atoms with van der Waals surface area (Å²) in [5.41, 5.74) is 0. The average molecular weight is 288 g/mol. The van der Waals surface area contributed by atoms with E-state index in [-0.39, 0.29) is 11.4 Å². The Bertz CT molecular complexity index is 325. The van der Waals surface area contributed by atoms with E-state index in [1.54, 1.807) is 28.6 Å². The van der Waals surface area contributed by atoms with E-state index in [2.05, 4.69) is 6.92 Å². The Kier molecular flexibility index (Phi) is 6.48. The van der Waals surface area contributed by atoms with Gasteiger partial charge in [0.15, 0.2) is 0 Å². The standard InChI is InChI=1S/C13H24N2O3S/c1-4-6-7-8-14(3)13(18)15-10(12(16)17)9-19-11(15)5-2/h10-11H,4-9H2,1-3H3,(H,16,17). The molecule has 19 heavy (non-hydrogen) atoms. The fourth-order valence-corrected chi connectivity index (χ4v) is 3.56. The van der Waals surface area contributed by atoms with Crippen molar-refractivity contribution < 1.29 is 14.7 Å². The van der Waals surface area contributed by atoms with Crippen molar-refractivity contribution >= 4 is 23.8 Å². The first kappa shape index (κ1) is 16.1. The normalized spacial score (nSPS) is 22.6. The summed E-state index contributed by atoms with van der Waals surface area (Å²) in [5, 5.41) is 9.20. The SMILES string of the molecule is CCCCCN(C)C(=O)N1C(CC)SCC1C(=O)O. The monoisotopic (exact) mass is 288 g/mol. The van der Waals surface area contributed by atoms with Crippen LogP contribution in [0.5, 0.6) is 0 Å². The second-order valence-electron chi connectivity index (χ2n) is 4.87. The van der Waals surface area contributed by atoms with Crippen molar-refractivity contribution in [3.63, 3.8) is 0 Å². The molecule has 0 aromatic carbocycles. The molecule has 1 N–H and O–H groups in total. The van der Waals surface area contributed by atoms with Crippen LogP contribution < -0.4 is 0 Å². The van der Waals surface area contributed by atoms with Crippen LogP contribution >= 0.6 is 11.8 Å². The molecule has 0 aromatic rings. The van der Waals surface area contributed by atoms with Crippen molar-refractivity contribution in [3.8, 4) is 0 Å². The zero-order chi connectivity index (χ0) is 14.4. The van der Waals surface area contributed by atoms with Crippen molar-refractivity contribution in [1.82, 2.24) is 9.80 Å². The van der Waals surface area contributed by atoms with E-state index < -0.39 is 12.0 Å². The highest BCUT2D eigenvalue weighted by Crippen LogP contribution is 2.32. The molecule has 2 amide bonds. The molecule has 5 nitrogen and oxygen atoms in total. The highest BCUT2D eigenvalue weighted by molar-refractivity contribution is 8.00. The molecule has 0 radical (unpaired) electrons. The van der Waals surface area contributed by atoms with Gasteiger partial charge in [-0.15, -0.1) is 11.8 Å². The molecule has 2 unspecified atom stereocenters. The van der Waals surface area contributed by atoms with Gasteiger partial charge in [-0.1, -0.05) is 26.7 Å². The summed E-state index contributed by atoms with van der Waals surface area (Å²) in [7, 11) is 1.76. The number of carboxylic acids is 1. The van der Waals surface area contributed by atoms with Crippen LogP contribution in [0.15, 0.2) is 0 Å². The minimum atomic E-state index is -0.904. The van der Waals surface area contributed by atoms with E-state index in [9.17, 15) is 14.7 Å². The molecule has 0 aromatic heterocycles. The van der Waals surface area contributed by atoms with Gasteiger partial charge in [0.25, 0.3) is 0 Å². The van der Waals surface area contributed by atoms with Gasteiger partial charge in [-0.2, -0.15) is 0 Å². The zero-order valence-corrected chi connectivity index (χ0v) is 12.8. The van der Waals surface area contributed by atoms with Gasteiger partial charge in [0.2, 0.25) is 0 Å². The summed E-state index contributed by atoms with van der Waals surface area (Å²) in [5.74, 6) is -0.415. The molecular weight excluding hydrogens is 264 g/mol. The van der Waals surface area contributed by atoms with Crippen LogP contribution in [-0.2, 0) is 4.79 Å².